The first-order chi connectivity index (χ1) is 9.86. The number of aromatic nitrogens is 3. The predicted octanol–water partition coefficient (Wildman–Crippen LogP) is 2.21. The number of rotatable bonds is 1. The quantitative estimate of drug-likeness (QED) is 0.820. The van der Waals surface area contributed by atoms with Gasteiger partial charge in [0.25, 0.3) is 0 Å². The zero-order chi connectivity index (χ0) is 15.2. The van der Waals surface area contributed by atoms with Crippen LogP contribution in [0.25, 0.3) is 0 Å². The Morgan fingerprint density at radius 2 is 1.95 bits per heavy atom. The lowest BCUT2D eigenvalue weighted by molar-refractivity contribution is -0.147. The molecule has 0 unspecified atom stereocenters. The number of halogens is 3. The third kappa shape index (κ3) is 2.41. The summed E-state index contributed by atoms with van der Waals surface area (Å²) in [5.41, 5.74) is 8.38. The van der Waals surface area contributed by atoms with E-state index in [1.807, 2.05) is 30.0 Å². The van der Waals surface area contributed by atoms with Crippen LogP contribution >= 0.6 is 0 Å². The maximum absolute atomic E-state index is 12.8. The SMILES string of the molecule is Cc1ccc(N2CCn3c(nnc3C(F)(F)F)C2)cc1N. The summed E-state index contributed by atoms with van der Waals surface area (Å²) in [4.78, 5) is 1.94. The van der Waals surface area contributed by atoms with Gasteiger partial charge in [0.1, 0.15) is 0 Å². The summed E-state index contributed by atoms with van der Waals surface area (Å²) in [5.74, 6) is -0.617. The van der Waals surface area contributed by atoms with E-state index in [-0.39, 0.29) is 13.1 Å². The standard InChI is InChI=1S/C13H14F3N5/c1-8-2-3-9(6-10(8)17)20-4-5-21-11(7-20)18-19-12(21)13(14,15)16/h2-3,6H,4-5,7,17H2,1H3. The molecular formula is C13H14F3N5. The fourth-order valence-corrected chi connectivity index (χ4v) is 2.41. The molecule has 2 N–H and O–H groups in total. The van der Waals surface area contributed by atoms with Crippen LogP contribution in [0.1, 0.15) is 17.2 Å². The number of anilines is 2. The van der Waals surface area contributed by atoms with Crippen LogP contribution in [0.3, 0.4) is 0 Å². The summed E-state index contributed by atoms with van der Waals surface area (Å²) in [6, 6.07) is 5.62. The fourth-order valence-electron chi connectivity index (χ4n) is 2.41. The largest absolute Gasteiger partial charge is 0.451 e. The van der Waals surface area contributed by atoms with Crippen molar-refractivity contribution in [1.82, 2.24) is 14.8 Å². The van der Waals surface area contributed by atoms with Crippen molar-refractivity contribution in [1.29, 1.82) is 0 Å². The molecule has 0 amide bonds. The van der Waals surface area contributed by atoms with Crippen molar-refractivity contribution in [2.45, 2.75) is 26.2 Å². The van der Waals surface area contributed by atoms with Gasteiger partial charge in [-0.1, -0.05) is 6.07 Å². The lowest BCUT2D eigenvalue weighted by Gasteiger charge is -2.30. The van der Waals surface area contributed by atoms with Gasteiger partial charge in [-0.15, -0.1) is 10.2 Å². The van der Waals surface area contributed by atoms with Gasteiger partial charge >= 0.3 is 6.18 Å². The number of nitrogens with two attached hydrogens (primary N) is 1. The second-order valence-electron chi connectivity index (χ2n) is 5.05. The van der Waals surface area contributed by atoms with E-state index in [1.165, 1.54) is 0 Å². The molecule has 0 atom stereocenters. The molecule has 2 aromatic rings. The number of nitrogen functional groups attached to an aromatic ring is 1. The van der Waals surface area contributed by atoms with E-state index in [4.69, 9.17) is 5.73 Å². The number of aryl methyl sites for hydroxylation is 1. The molecule has 8 heteroatoms. The van der Waals surface area contributed by atoms with Crippen LogP contribution in [-0.2, 0) is 19.3 Å². The number of benzene rings is 1. The molecule has 0 spiro atoms. The highest BCUT2D eigenvalue weighted by molar-refractivity contribution is 5.59. The van der Waals surface area contributed by atoms with E-state index in [0.29, 0.717) is 18.1 Å². The first-order valence-corrected chi connectivity index (χ1v) is 6.46. The van der Waals surface area contributed by atoms with Gasteiger partial charge in [0.05, 0.1) is 6.54 Å². The van der Waals surface area contributed by atoms with Gasteiger partial charge in [-0.3, -0.25) is 0 Å². The summed E-state index contributed by atoms with van der Waals surface area (Å²) in [6.45, 7) is 2.84. The van der Waals surface area contributed by atoms with Gasteiger partial charge in [0, 0.05) is 24.5 Å². The van der Waals surface area contributed by atoms with Crippen LogP contribution in [0, 0.1) is 6.92 Å². The Hall–Kier alpha value is -2.25. The van der Waals surface area contributed by atoms with Crippen LogP contribution in [0.4, 0.5) is 24.5 Å². The molecule has 0 bridgehead atoms. The Labute approximate surface area is 119 Å². The lowest BCUT2D eigenvalue weighted by Crippen LogP contribution is -2.35. The van der Waals surface area contributed by atoms with Crippen molar-refractivity contribution < 1.29 is 13.2 Å². The summed E-state index contributed by atoms with van der Waals surface area (Å²) in [6.07, 6.45) is -4.47. The van der Waals surface area contributed by atoms with E-state index in [9.17, 15) is 13.2 Å². The molecule has 0 aliphatic carbocycles. The molecule has 0 saturated carbocycles. The minimum Gasteiger partial charge on any atom is -0.398 e. The van der Waals surface area contributed by atoms with E-state index in [1.54, 1.807) is 0 Å². The molecule has 21 heavy (non-hydrogen) atoms. The van der Waals surface area contributed by atoms with Crippen LogP contribution in [0.15, 0.2) is 18.2 Å². The van der Waals surface area contributed by atoms with Crippen molar-refractivity contribution >= 4 is 11.4 Å². The molecule has 1 aliphatic heterocycles. The molecule has 0 radical (unpaired) electrons. The molecule has 1 aromatic carbocycles. The molecule has 0 fully saturated rings. The monoisotopic (exact) mass is 297 g/mol. The van der Waals surface area contributed by atoms with Crippen molar-refractivity contribution in [3.63, 3.8) is 0 Å². The molecule has 3 rings (SSSR count). The fraction of sp³-hybridized carbons (Fsp3) is 0.385. The lowest BCUT2D eigenvalue weighted by atomic mass is 10.1. The summed E-state index contributed by atoms with van der Waals surface area (Å²) in [7, 11) is 0. The normalized spacial score (nSPS) is 15.1. The minimum absolute atomic E-state index is 0.199. The smallest absolute Gasteiger partial charge is 0.398 e. The van der Waals surface area contributed by atoms with Gasteiger partial charge in [-0.2, -0.15) is 13.2 Å². The Bertz CT molecular complexity index is 677. The maximum atomic E-state index is 12.8. The van der Waals surface area contributed by atoms with Crippen molar-refractivity contribution in [3.05, 3.63) is 35.4 Å². The number of alkyl halides is 3. The Kier molecular flexibility index (Phi) is 3.03. The van der Waals surface area contributed by atoms with E-state index >= 15 is 0 Å². The third-order valence-corrected chi connectivity index (χ3v) is 3.63. The highest BCUT2D eigenvalue weighted by Gasteiger charge is 2.39. The van der Waals surface area contributed by atoms with Crippen molar-refractivity contribution in [2.75, 3.05) is 17.2 Å². The van der Waals surface area contributed by atoms with Gasteiger partial charge in [0.2, 0.25) is 5.82 Å². The van der Waals surface area contributed by atoms with E-state index < -0.39 is 12.0 Å². The number of hydrogen-bond acceptors (Lipinski definition) is 4. The predicted molar refractivity (Wildman–Crippen MR) is 71.7 cm³/mol. The highest BCUT2D eigenvalue weighted by atomic mass is 19.4. The van der Waals surface area contributed by atoms with Gasteiger partial charge in [-0.25, -0.2) is 0 Å². The first kappa shape index (κ1) is 13.7. The Morgan fingerprint density at radius 1 is 1.19 bits per heavy atom. The molecule has 5 nitrogen and oxygen atoms in total. The average Bonchev–Trinajstić information content (AvgIpc) is 2.84. The molecule has 2 heterocycles. The van der Waals surface area contributed by atoms with Crippen LogP contribution in [-0.4, -0.2) is 21.3 Å². The second-order valence-corrected chi connectivity index (χ2v) is 5.05. The summed E-state index contributed by atoms with van der Waals surface area (Å²) < 4.78 is 39.5. The number of hydrogen-bond donors (Lipinski definition) is 1. The first-order valence-electron chi connectivity index (χ1n) is 6.46. The molecule has 1 aromatic heterocycles. The van der Waals surface area contributed by atoms with Crippen LogP contribution < -0.4 is 10.6 Å². The van der Waals surface area contributed by atoms with Crippen LogP contribution in [0.2, 0.25) is 0 Å². The summed E-state index contributed by atoms with van der Waals surface area (Å²) in [5, 5.41) is 6.92. The minimum atomic E-state index is -4.47. The maximum Gasteiger partial charge on any atom is 0.451 e. The zero-order valence-corrected chi connectivity index (χ0v) is 11.4. The highest BCUT2D eigenvalue weighted by Crippen LogP contribution is 2.31. The van der Waals surface area contributed by atoms with Crippen LogP contribution in [0.5, 0.6) is 0 Å². The molecular weight excluding hydrogens is 283 g/mol. The Balaban J connectivity index is 1.88. The number of fused-ring (bicyclic) bond motifs is 1. The Morgan fingerprint density at radius 3 is 2.62 bits per heavy atom. The topological polar surface area (TPSA) is 60.0 Å². The van der Waals surface area contributed by atoms with Crippen molar-refractivity contribution in [2.24, 2.45) is 0 Å². The molecule has 0 saturated heterocycles. The zero-order valence-electron chi connectivity index (χ0n) is 11.4. The molecule has 1 aliphatic rings. The summed E-state index contributed by atoms with van der Waals surface area (Å²) >= 11 is 0. The molecule has 112 valence electrons. The van der Waals surface area contributed by atoms with E-state index in [0.717, 1.165) is 15.8 Å². The van der Waals surface area contributed by atoms with Gasteiger partial charge in [0.15, 0.2) is 5.82 Å². The van der Waals surface area contributed by atoms with E-state index in [2.05, 4.69) is 10.2 Å². The second kappa shape index (κ2) is 4.64. The van der Waals surface area contributed by atoms with Crippen molar-refractivity contribution in [3.8, 4) is 0 Å². The number of nitrogens with zero attached hydrogens (tertiary/aromatic N) is 4. The van der Waals surface area contributed by atoms with Gasteiger partial charge in [-0.05, 0) is 24.6 Å². The van der Waals surface area contributed by atoms with Gasteiger partial charge < -0.3 is 15.2 Å². The average molecular weight is 297 g/mol. The third-order valence-electron chi connectivity index (χ3n) is 3.63.